The quantitative estimate of drug-likeness (QED) is 0.659. The van der Waals surface area contributed by atoms with E-state index in [4.69, 9.17) is 0 Å². The summed E-state index contributed by atoms with van der Waals surface area (Å²) in [4.78, 5) is 2.36. The van der Waals surface area contributed by atoms with Crippen LogP contribution in [-0.2, 0) is 6.42 Å². The zero-order chi connectivity index (χ0) is 11.5. The van der Waals surface area contributed by atoms with Crippen LogP contribution in [0, 0.1) is 0 Å². The van der Waals surface area contributed by atoms with Gasteiger partial charge in [-0.2, -0.15) is 0 Å². The standard InChI is InChI=1S/C16H15N/c1-2-10-15(11-3-1)17-13-7-6-9-14-8-4-5-12-16(14)17/h1-8,10-12H,9,13H2. The fourth-order valence-electron chi connectivity index (χ4n) is 2.29. The molecular formula is C16H15N. The second-order valence-electron chi connectivity index (χ2n) is 4.25. The lowest BCUT2D eigenvalue weighted by Gasteiger charge is -2.24. The van der Waals surface area contributed by atoms with Gasteiger partial charge in [0.1, 0.15) is 0 Å². The van der Waals surface area contributed by atoms with Crippen molar-refractivity contribution in [1.82, 2.24) is 0 Å². The Bertz CT molecular complexity index is 528. The minimum absolute atomic E-state index is 0.945. The first-order valence-electron chi connectivity index (χ1n) is 6.00. The number of para-hydroxylation sites is 2. The molecule has 0 saturated heterocycles. The Labute approximate surface area is 102 Å². The van der Waals surface area contributed by atoms with Gasteiger partial charge in [-0.25, -0.2) is 0 Å². The van der Waals surface area contributed by atoms with Gasteiger partial charge in [0.05, 0.1) is 0 Å². The Morgan fingerprint density at radius 2 is 1.53 bits per heavy atom. The summed E-state index contributed by atoms with van der Waals surface area (Å²) in [5.74, 6) is 0. The molecule has 0 N–H and O–H groups in total. The molecule has 1 aliphatic rings. The first kappa shape index (κ1) is 10.2. The molecule has 0 spiro atoms. The van der Waals surface area contributed by atoms with Gasteiger partial charge in [0, 0.05) is 17.9 Å². The van der Waals surface area contributed by atoms with Crippen LogP contribution in [-0.4, -0.2) is 6.54 Å². The van der Waals surface area contributed by atoms with Gasteiger partial charge in [0.25, 0.3) is 0 Å². The van der Waals surface area contributed by atoms with E-state index < -0.39 is 0 Å². The minimum atomic E-state index is 0.945. The topological polar surface area (TPSA) is 3.24 Å². The predicted octanol–water partition coefficient (Wildman–Crippen LogP) is 3.94. The van der Waals surface area contributed by atoms with Crippen molar-refractivity contribution in [2.75, 3.05) is 11.4 Å². The third-order valence-corrected chi connectivity index (χ3v) is 3.14. The van der Waals surface area contributed by atoms with Crippen molar-refractivity contribution >= 4 is 11.4 Å². The summed E-state index contributed by atoms with van der Waals surface area (Å²) in [5, 5.41) is 0. The molecule has 1 aliphatic heterocycles. The van der Waals surface area contributed by atoms with E-state index in [1.807, 2.05) is 0 Å². The summed E-state index contributed by atoms with van der Waals surface area (Å²) in [6.07, 6.45) is 5.52. The molecule has 1 heterocycles. The molecule has 84 valence electrons. The lowest BCUT2D eigenvalue weighted by atomic mass is 10.1. The first-order valence-corrected chi connectivity index (χ1v) is 6.00. The van der Waals surface area contributed by atoms with Crippen LogP contribution in [0.2, 0.25) is 0 Å². The van der Waals surface area contributed by atoms with Crippen LogP contribution in [0.3, 0.4) is 0 Å². The van der Waals surface area contributed by atoms with Gasteiger partial charge in [0.15, 0.2) is 0 Å². The molecule has 0 unspecified atom stereocenters. The Morgan fingerprint density at radius 3 is 2.41 bits per heavy atom. The van der Waals surface area contributed by atoms with Crippen LogP contribution >= 0.6 is 0 Å². The van der Waals surface area contributed by atoms with Crippen LogP contribution in [0.25, 0.3) is 0 Å². The molecular weight excluding hydrogens is 206 g/mol. The number of rotatable bonds is 1. The monoisotopic (exact) mass is 221 g/mol. The average Bonchev–Trinajstić information content (AvgIpc) is 2.62. The molecule has 0 aromatic heterocycles. The van der Waals surface area contributed by atoms with Gasteiger partial charge in [-0.05, 0) is 30.2 Å². The maximum absolute atomic E-state index is 2.36. The molecule has 0 aliphatic carbocycles. The highest BCUT2D eigenvalue weighted by Gasteiger charge is 2.12. The zero-order valence-electron chi connectivity index (χ0n) is 9.71. The van der Waals surface area contributed by atoms with Crippen molar-refractivity contribution in [2.45, 2.75) is 6.42 Å². The molecule has 3 rings (SSSR count). The molecule has 0 fully saturated rings. The normalized spacial score (nSPS) is 14.2. The van der Waals surface area contributed by atoms with Crippen LogP contribution < -0.4 is 4.90 Å². The van der Waals surface area contributed by atoms with E-state index >= 15 is 0 Å². The minimum Gasteiger partial charge on any atom is -0.337 e. The van der Waals surface area contributed by atoms with Gasteiger partial charge in [-0.3, -0.25) is 0 Å². The number of nitrogens with zero attached hydrogens (tertiary/aromatic N) is 1. The molecule has 0 saturated carbocycles. The van der Waals surface area contributed by atoms with Crippen molar-refractivity contribution in [3.05, 3.63) is 72.3 Å². The van der Waals surface area contributed by atoms with E-state index in [0.717, 1.165) is 13.0 Å². The van der Waals surface area contributed by atoms with E-state index in [-0.39, 0.29) is 0 Å². The second-order valence-corrected chi connectivity index (χ2v) is 4.25. The number of hydrogen-bond acceptors (Lipinski definition) is 1. The molecule has 0 bridgehead atoms. The van der Waals surface area contributed by atoms with Crippen molar-refractivity contribution in [3.8, 4) is 0 Å². The molecule has 2 aromatic carbocycles. The van der Waals surface area contributed by atoms with E-state index in [1.54, 1.807) is 0 Å². The Morgan fingerprint density at radius 1 is 0.765 bits per heavy atom. The average molecular weight is 221 g/mol. The zero-order valence-corrected chi connectivity index (χ0v) is 9.71. The molecule has 17 heavy (non-hydrogen) atoms. The number of anilines is 2. The van der Waals surface area contributed by atoms with Crippen molar-refractivity contribution in [1.29, 1.82) is 0 Å². The Hall–Kier alpha value is -2.02. The van der Waals surface area contributed by atoms with E-state index in [2.05, 4.69) is 71.6 Å². The van der Waals surface area contributed by atoms with Gasteiger partial charge >= 0.3 is 0 Å². The van der Waals surface area contributed by atoms with Crippen LogP contribution in [0.15, 0.2) is 66.7 Å². The Kier molecular flexibility index (Phi) is 2.66. The van der Waals surface area contributed by atoms with Crippen LogP contribution in [0.1, 0.15) is 5.56 Å². The highest BCUT2D eigenvalue weighted by atomic mass is 15.1. The molecule has 1 nitrogen and oxygen atoms in total. The molecule has 0 atom stereocenters. The van der Waals surface area contributed by atoms with E-state index in [1.165, 1.54) is 16.9 Å². The second kappa shape index (κ2) is 4.46. The molecule has 0 amide bonds. The van der Waals surface area contributed by atoms with Gasteiger partial charge in [0.2, 0.25) is 0 Å². The lowest BCUT2D eigenvalue weighted by molar-refractivity contribution is 1.10. The highest BCUT2D eigenvalue weighted by molar-refractivity contribution is 5.67. The van der Waals surface area contributed by atoms with Crippen molar-refractivity contribution in [3.63, 3.8) is 0 Å². The molecule has 0 radical (unpaired) electrons. The third-order valence-electron chi connectivity index (χ3n) is 3.14. The maximum atomic E-state index is 2.36. The molecule has 2 aromatic rings. The predicted molar refractivity (Wildman–Crippen MR) is 72.7 cm³/mol. The van der Waals surface area contributed by atoms with E-state index in [0.29, 0.717) is 0 Å². The summed E-state index contributed by atoms with van der Waals surface area (Å²) < 4.78 is 0. The fraction of sp³-hybridized carbons (Fsp3) is 0.125. The lowest BCUT2D eigenvalue weighted by Crippen LogP contribution is -2.16. The van der Waals surface area contributed by atoms with Crippen LogP contribution in [0.4, 0.5) is 11.4 Å². The number of benzene rings is 2. The first-order chi connectivity index (χ1) is 8.45. The maximum Gasteiger partial charge on any atom is 0.0449 e. The number of allylic oxidation sites excluding steroid dienone is 1. The Balaban J connectivity index is 2.09. The third kappa shape index (κ3) is 1.96. The summed E-state index contributed by atoms with van der Waals surface area (Å²) in [6, 6.07) is 19.2. The van der Waals surface area contributed by atoms with Crippen molar-refractivity contribution in [2.24, 2.45) is 0 Å². The van der Waals surface area contributed by atoms with Crippen LogP contribution in [0.5, 0.6) is 0 Å². The summed E-state index contributed by atoms with van der Waals surface area (Å²) >= 11 is 0. The number of fused-ring (bicyclic) bond motifs is 1. The summed E-state index contributed by atoms with van der Waals surface area (Å²) in [7, 11) is 0. The smallest absolute Gasteiger partial charge is 0.0449 e. The van der Waals surface area contributed by atoms with Crippen molar-refractivity contribution < 1.29 is 0 Å². The van der Waals surface area contributed by atoms with Gasteiger partial charge in [-0.1, -0.05) is 48.6 Å². The van der Waals surface area contributed by atoms with Gasteiger partial charge in [-0.15, -0.1) is 0 Å². The SMILES string of the molecule is C1=CCN(c2ccccc2)c2ccccc2C1. The fourth-order valence-corrected chi connectivity index (χ4v) is 2.29. The molecule has 1 heteroatoms. The summed E-state index contributed by atoms with van der Waals surface area (Å²) in [5.41, 5.74) is 3.97. The largest absolute Gasteiger partial charge is 0.337 e. The summed E-state index contributed by atoms with van der Waals surface area (Å²) in [6.45, 7) is 0.945. The van der Waals surface area contributed by atoms with Gasteiger partial charge < -0.3 is 4.90 Å². The van der Waals surface area contributed by atoms with E-state index in [9.17, 15) is 0 Å². The highest BCUT2D eigenvalue weighted by Crippen LogP contribution is 2.30. The number of hydrogen-bond donors (Lipinski definition) is 0.